The van der Waals surface area contributed by atoms with E-state index < -0.39 is 44.2 Å². The first-order valence-electron chi connectivity index (χ1n) is 41.9. The lowest BCUT2D eigenvalue weighted by atomic mass is 9.82. The molecule has 6 unspecified atom stereocenters. The minimum atomic E-state index is -3.21. The first-order valence-corrected chi connectivity index (χ1v) is 43.8. The van der Waals surface area contributed by atoms with E-state index in [4.69, 9.17) is 23.7 Å². The molecule has 1 N–H and O–H groups in total. The molecule has 11 aliphatic rings. The summed E-state index contributed by atoms with van der Waals surface area (Å²) in [5.41, 5.74) is 1.55. The lowest BCUT2D eigenvalue weighted by Crippen LogP contribution is -2.48. The number of alkyl halides is 1. The number of likely N-dealkylation sites (tertiary alicyclic amines) is 5. The minimum absolute atomic E-state index is 0.192. The van der Waals surface area contributed by atoms with Gasteiger partial charge in [0.2, 0.25) is 0 Å². The number of carbonyl (C=O) groups is 2. The molecule has 16 rings (SSSR count). The monoisotopic (exact) mass is 1540 g/mol. The van der Waals surface area contributed by atoms with Gasteiger partial charge in [-0.3, -0.25) is 4.90 Å². The number of carbonyl (C=O) groups excluding carboxylic acids is 2. The molecule has 9 atom stereocenters. The number of amides is 1. The van der Waals surface area contributed by atoms with Crippen molar-refractivity contribution in [2.75, 3.05) is 99.1 Å². The van der Waals surface area contributed by atoms with E-state index in [0.29, 0.717) is 85.1 Å². The predicted octanol–water partition coefficient (Wildman–Crippen LogP) is 17.8. The number of para-hydroxylation sites is 1. The molecule has 6 aliphatic carbocycles. The summed E-state index contributed by atoms with van der Waals surface area (Å²) in [5, 5.41) is 10.8. The number of hydrogen-bond donors (Lipinski definition) is 1. The molecule has 5 aliphatic heterocycles. The van der Waals surface area contributed by atoms with E-state index in [0.717, 1.165) is 148 Å². The summed E-state index contributed by atoms with van der Waals surface area (Å²) in [7, 11) is 0.0250. The Balaban J connectivity index is 0.000000131. The van der Waals surface area contributed by atoms with Gasteiger partial charge in [0.15, 0.2) is 15.4 Å². The largest absolute Gasteiger partial charge is 0.496 e. The number of methoxy groups -OCH3 is 2. The average Bonchev–Trinajstić information content (AvgIpc) is 1.10. The topological polar surface area (TPSA) is 151 Å². The van der Waals surface area contributed by atoms with Crippen LogP contribution in [0.3, 0.4) is 0 Å². The zero-order chi connectivity index (χ0) is 77.5. The molecule has 15 nitrogen and oxygen atoms in total. The fourth-order valence-electron chi connectivity index (χ4n) is 21.5. The van der Waals surface area contributed by atoms with Crippen LogP contribution in [0.4, 0.5) is 22.4 Å². The lowest BCUT2D eigenvalue weighted by molar-refractivity contribution is -0.158. The number of ether oxygens (including phenoxy) is 5. The number of rotatable bonds is 17. The van der Waals surface area contributed by atoms with E-state index in [1.54, 1.807) is 39.2 Å². The number of aliphatic hydroxyl groups is 1. The van der Waals surface area contributed by atoms with Crippen LogP contribution in [0.15, 0.2) is 108 Å². The Bertz CT molecular complexity index is 4000. The Morgan fingerprint density at radius 2 is 1.03 bits per heavy atom. The Kier molecular flexibility index (Phi) is 26.8. The minimum Gasteiger partial charge on any atom is -0.496 e. The summed E-state index contributed by atoms with van der Waals surface area (Å²) in [6.07, 6.45) is 28.8. The van der Waals surface area contributed by atoms with E-state index in [-0.39, 0.29) is 17.6 Å². The second kappa shape index (κ2) is 36.0. The highest BCUT2D eigenvalue weighted by atomic mass is 32.2. The fourth-order valence-corrected chi connectivity index (χ4v) is 22.2. The molecule has 5 aromatic rings. The maximum atomic E-state index is 15.6. The van der Waals surface area contributed by atoms with Gasteiger partial charge in [0.05, 0.1) is 37.9 Å². The predicted molar refractivity (Wildman–Crippen MR) is 423 cm³/mol. The van der Waals surface area contributed by atoms with Gasteiger partial charge in [-0.1, -0.05) is 68.1 Å². The zero-order valence-electron chi connectivity index (χ0n) is 66.5. The van der Waals surface area contributed by atoms with Crippen molar-refractivity contribution in [3.05, 3.63) is 143 Å². The molecule has 1 amide bonds. The second-order valence-electron chi connectivity index (χ2n) is 34.7. The molecule has 5 aromatic carbocycles. The van der Waals surface area contributed by atoms with Crippen molar-refractivity contribution in [1.82, 2.24) is 24.5 Å². The van der Waals surface area contributed by atoms with Gasteiger partial charge in [0, 0.05) is 86.9 Å². The van der Waals surface area contributed by atoms with Gasteiger partial charge < -0.3 is 48.4 Å². The first kappa shape index (κ1) is 81.7. The molecule has 0 aromatic heterocycles. The van der Waals surface area contributed by atoms with Gasteiger partial charge >= 0.3 is 12.1 Å². The van der Waals surface area contributed by atoms with Crippen molar-refractivity contribution < 1.29 is 64.4 Å². The highest BCUT2D eigenvalue weighted by Crippen LogP contribution is 2.51. The van der Waals surface area contributed by atoms with Crippen molar-refractivity contribution in [1.29, 1.82) is 0 Å². The molecule has 5 saturated heterocycles. The van der Waals surface area contributed by atoms with Crippen LogP contribution < -0.4 is 14.2 Å². The maximum Gasteiger partial charge on any atom is 0.409 e. The van der Waals surface area contributed by atoms with Crippen molar-refractivity contribution >= 4 is 21.9 Å². The van der Waals surface area contributed by atoms with E-state index in [9.17, 15) is 36.3 Å². The van der Waals surface area contributed by atoms with Gasteiger partial charge in [-0.15, -0.1) is 0 Å². The molecule has 6 saturated carbocycles. The number of benzene rings is 5. The SMILES string of the molecule is CCOC(=O)C(C)(C)Oc1ccccc1C1CCN([C@H]2C[C@@H]3CCC2C3)CC1.CCOC(=O)N1CCC(N2CCC(c3cc(-c4ccc(S(C)(=O)=O)cc4)ccc3OC)CC2)CC1.COc1ccc(F)cc1C1(F)CCN(C2CCC3CCC(C3)C2)CC1.OC1(c2ccc(F)cc2F)CCN(C2C[C@@H]3CCC2C3)CC1. The molecule has 6 bridgehead atoms. The molecular formula is C90H123F4N5O10S. The van der Waals surface area contributed by atoms with Crippen LogP contribution in [0.25, 0.3) is 11.1 Å². The number of sulfone groups is 1. The van der Waals surface area contributed by atoms with Crippen LogP contribution in [0.5, 0.6) is 17.2 Å². The third kappa shape index (κ3) is 19.4. The van der Waals surface area contributed by atoms with E-state index in [1.807, 2.05) is 55.1 Å². The highest BCUT2D eigenvalue weighted by Gasteiger charge is 2.48. The van der Waals surface area contributed by atoms with Crippen molar-refractivity contribution in [3.8, 4) is 28.4 Å². The first-order chi connectivity index (χ1) is 52.9. The summed E-state index contributed by atoms with van der Waals surface area (Å²) in [6.45, 7) is 17.1. The zero-order valence-corrected chi connectivity index (χ0v) is 67.3. The Labute approximate surface area is 652 Å². The molecule has 0 radical (unpaired) electrons. The molecule has 11 fully saturated rings. The van der Waals surface area contributed by atoms with Crippen molar-refractivity contribution in [2.24, 2.45) is 35.5 Å². The average molecular weight is 1540 g/mol. The van der Waals surface area contributed by atoms with Crippen LogP contribution in [-0.4, -0.2) is 179 Å². The summed E-state index contributed by atoms with van der Waals surface area (Å²) in [4.78, 5) is 36.7. The molecular weight excluding hydrogens is 1420 g/mol. The molecule has 110 heavy (non-hydrogen) atoms. The summed E-state index contributed by atoms with van der Waals surface area (Å²) >= 11 is 0. The number of fused-ring (bicyclic) bond motifs is 6. The third-order valence-corrected chi connectivity index (χ3v) is 28.8. The van der Waals surface area contributed by atoms with Crippen molar-refractivity contribution in [3.63, 3.8) is 0 Å². The van der Waals surface area contributed by atoms with Gasteiger partial charge in [-0.05, 0) is 306 Å². The van der Waals surface area contributed by atoms with Crippen LogP contribution in [0.2, 0.25) is 0 Å². The van der Waals surface area contributed by atoms with Gasteiger partial charge in [0.1, 0.15) is 40.4 Å². The number of halogens is 4. The number of esters is 1. The van der Waals surface area contributed by atoms with Crippen molar-refractivity contribution in [2.45, 2.75) is 240 Å². The maximum absolute atomic E-state index is 15.6. The number of piperidine rings is 5. The van der Waals surface area contributed by atoms with Crippen LogP contribution in [0.1, 0.15) is 216 Å². The Morgan fingerprint density at radius 3 is 1.62 bits per heavy atom. The number of nitrogens with zero attached hydrogens (tertiary/aromatic N) is 5. The molecule has 0 spiro atoms. The molecule has 20 heteroatoms. The summed E-state index contributed by atoms with van der Waals surface area (Å²) in [5.74, 6) is 6.73. The quantitative estimate of drug-likeness (QED) is 0.0694. The van der Waals surface area contributed by atoms with Gasteiger partial charge in [0.25, 0.3) is 0 Å². The standard InChI is InChI=1S/C27H36N2O5S.C24H35NO3.C21H29F2NO.C18H23F2NO/c1-4-34-27(30)29-17-13-23(14-18-29)28-15-11-21(12-16-28)25-19-22(7-10-26(25)33-2)20-5-8-24(9-6-20)35(3,31)32;1-4-27-23(26)24(2,3)28-22-8-6-5-7-20(22)18-11-13-25(14-12-18)21-16-17-9-10-19(21)15-17;1-25-20-7-5-17(22)14-19(20)21(23)8-10-24(11-9-21)18-6-4-15-2-3-16(12-15)13-18;19-14-3-4-15(16(20)11-14)18(22)5-7-21(8-6-18)17-10-12-1-2-13(17)9-12/h5-10,19,21,23H,4,11-18H2,1-3H3;5-8,17-19,21H,4,9-16H2,1-3H3;5,7,14-16,18H,2-4,6,8-13H2,1H3;3-4,11-13,17,22H,1-2,5-10H2/t;17-,19?,21+;;12-,13?,17?/m.1.1/s1. The van der Waals surface area contributed by atoms with Crippen LogP contribution in [0, 0.1) is 53.0 Å². The Morgan fingerprint density at radius 1 is 0.500 bits per heavy atom. The second-order valence-corrected chi connectivity index (χ2v) is 36.7. The van der Waals surface area contributed by atoms with E-state index >= 15 is 4.39 Å². The summed E-state index contributed by atoms with van der Waals surface area (Å²) < 4.78 is 107. The molecule has 5 heterocycles. The number of hydrogen-bond acceptors (Lipinski definition) is 14. The normalized spacial score (nSPS) is 27.3. The Hall–Kier alpha value is -6.29. The fraction of sp³-hybridized carbons (Fsp3) is 0.644. The highest BCUT2D eigenvalue weighted by molar-refractivity contribution is 7.90. The van der Waals surface area contributed by atoms with E-state index in [1.165, 1.54) is 165 Å². The third-order valence-electron chi connectivity index (χ3n) is 27.7. The van der Waals surface area contributed by atoms with Gasteiger partial charge in [-0.2, -0.15) is 0 Å². The van der Waals surface area contributed by atoms with Gasteiger partial charge in [-0.25, -0.2) is 35.6 Å². The lowest BCUT2D eigenvalue weighted by Gasteiger charge is -2.43. The van der Waals surface area contributed by atoms with E-state index in [2.05, 4.69) is 37.8 Å². The van der Waals surface area contributed by atoms with Crippen LogP contribution >= 0.6 is 0 Å². The molecule has 602 valence electrons. The van der Waals surface area contributed by atoms with Crippen LogP contribution in [-0.2, 0) is 35.4 Å². The summed E-state index contributed by atoms with van der Waals surface area (Å²) in [6, 6.07) is 31.9. The smallest absolute Gasteiger partial charge is 0.409 e.